The number of nitrogens with zero attached hydrogens (tertiary/aromatic N) is 5. The van der Waals surface area contributed by atoms with E-state index in [2.05, 4.69) is 20.1 Å². The van der Waals surface area contributed by atoms with Crippen LogP contribution in [0, 0.1) is 0 Å². The van der Waals surface area contributed by atoms with Crippen LogP contribution in [0.5, 0.6) is 5.75 Å². The molecule has 0 saturated carbocycles. The second kappa shape index (κ2) is 7.18. The average molecular weight is 347 g/mol. The second-order valence-corrected chi connectivity index (χ2v) is 5.82. The molecule has 3 aromatic heterocycles. The summed E-state index contributed by atoms with van der Waals surface area (Å²) in [6.07, 6.45) is 8.83. The van der Waals surface area contributed by atoms with Gasteiger partial charge >= 0.3 is 0 Å². The van der Waals surface area contributed by atoms with Crippen molar-refractivity contribution < 1.29 is 9.26 Å². The summed E-state index contributed by atoms with van der Waals surface area (Å²) in [6, 6.07) is 11.4. The predicted octanol–water partition coefficient (Wildman–Crippen LogP) is 3.52. The quantitative estimate of drug-likeness (QED) is 0.531. The molecule has 4 aromatic rings. The first-order chi connectivity index (χ1) is 12.8. The summed E-state index contributed by atoms with van der Waals surface area (Å²) in [7, 11) is 0. The van der Waals surface area contributed by atoms with Crippen LogP contribution in [0.25, 0.3) is 11.4 Å². The smallest absolute Gasteiger partial charge is 0.249 e. The van der Waals surface area contributed by atoms with Crippen LogP contribution >= 0.6 is 0 Å². The van der Waals surface area contributed by atoms with E-state index in [-0.39, 0.29) is 6.04 Å². The molecule has 7 heteroatoms. The number of pyridine rings is 1. The molecule has 4 rings (SSSR count). The molecule has 0 N–H and O–H groups in total. The zero-order valence-corrected chi connectivity index (χ0v) is 14.2. The van der Waals surface area contributed by atoms with E-state index in [0.29, 0.717) is 18.3 Å². The van der Waals surface area contributed by atoms with Gasteiger partial charge in [0.05, 0.1) is 6.33 Å². The van der Waals surface area contributed by atoms with Crippen molar-refractivity contribution >= 4 is 0 Å². The number of rotatable bonds is 6. The fraction of sp³-hybridized carbons (Fsp3) is 0.158. The second-order valence-electron chi connectivity index (χ2n) is 5.82. The molecular weight excluding hydrogens is 330 g/mol. The van der Waals surface area contributed by atoms with Gasteiger partial charge in [-0.3, -0.25) is 4.98 Å². The molecule has 0 saturated heterocycles. The molecule has 0 fully saturated rings. The average Bonchev–Trinajstić information content (AvgIpc) is 3.39. The summed E-state index contributed by atoms with van der Waals surface area (Å²) in [6.45, 7) is 2.43. The van der Waals surface area contributed by atoms with Gasteiger partial charge in [0.2, 0.25) is 11.7 Å². The highest BCUT2D eigenvalue weighted by Gasteiger charge is 2.16. The maximum atomic E-state index is 5.83. The SMILES string of the molecule is CC(c1nc(-c2cccc(OCc3cccnc3)c2)no1)n1ccnc1. The number of ether oxygens (including phenoxy) is 1. The zero-order chi connectivity index (χ0) is 17.8. The fourth-order valence-electron chi connectivity index (χ4n) is 2.52. The number of imidazole rings is 1. The molecule has 0 bridgehead atoms. The Morgan fingerprint density at radius 3 is 2.92 bits per heavy atom. The summed E-state index contributed by atoms with van der Waals surface area (Å²) in [5, 5.41) is 4.09. The van der Waals surface area contributed by atoms with Gasteiger partial charge < -0.3 is 13.8 Å². The molecule has 7 nitrogen and oxygen atoms in total. The normalized spacial score (nSPS) is 12.0. The maximum absolute atomic E-state index is 5.83. The van der Waals surface area contributed by atoms with Crippen molar-refractivity contribution in [3.63, 3.8) is 0 Å². The highest BCUT2D eigenvalue weighted by Crippen LogP contribution is 2.24. The Labute approximate surface area is 150 Å². The fourth-order valence-corrected chi connectivity index (χ4v) is 2.52. The Morgan fingerprint density at radius 2 is 2.12 bits per heavy atom. The van der Waals surface area contributed by atoms with Gasteiger partial charge in [-0.15, -0.1) is 0 Å². The van der Waals surface area contributed by atoms with E-state index in [0.717, 1.165) is 16.9 Å². The number of benzene rings is 1. The van der Waals surface area contributed by atoms with Crippen LogP contribution in [0.4, 0.5) is 0 Å². The third kappa shape index (κ3) is 3.46. The molecule has 1 aromatic carbocycles. The summed E-state index contributed by atoms with van der Waals surface area (Å²) in [4.78, 5) is 12.6. The molecule has 130 valence electrons. The van der Waals surface area contributed by atoms with Crippen LogP contribution in [-0.4, -0.2) is 24.7 Å². The van der Waals surface area contributed by atoms with Crippen molar-refractivity contribution in [1.82, 2.24) is 24.7 Å². The van der Waals surface area contributed by atoms with Crippen molar-refractivity contribution in [1.29, 1.82) is 0 Å². The van der Waals surface area contributed by atoms with Gasteiger partial charge in [-0.1, -0.05) is 23.4 Å². The zero-order valence-electron chi connectivity index (χ0n) is 14.2. The van der Waals surface area contributed by atoms with Gasteiger partial charge in [-0.25, -0.2) is 4.98 Å². The minimum Gasteiger partial charge on any atom is -0.489 e. The van der Waals surface area contributed by atoms with E-state index in [1.807, 2.05) is 54.1 Å². The van der Waals surface area contributed by atoms with Gasteiger partial charge in [0.1, 0.15) is 18.4 Å². The predicted molar refractivity (Wildman–Crippen MR) is 94.3 cm³/mol. The van der Waals surface area contributed by atoms with E-state index >= 15 is 0 Å². The Morgan fingerprint density at radius 1 is 1.15 bits per heavy atom. The third-order valence-corrected chi connectivity index (χ3v) is 3.99. The molecule has 0 aliphatic heterocycles. The standard InChI is InChI=1S/C19H17N5O2/c1-14(24-9-8-21-13-24)19-22-18(23-26-19)16-5-2-6-17(10-16)25-12-15-4-3-7-20-11-15/h2-11,13-14H,12H2,1H3. The molecule has 0 aliphatic rings. The monoisotopic (exact) mass is 347 g/mol. The summed E-state index contributed by atoms with van der Waals surface area (Å²) >= 11 is 0. The molecule has 0 radical (unpaired) electrons. The molecule has 26 heavy (non-hydrogen) atoms. The van der Waals surface area contributed by atoms with Crippen molar-refractivity contribution in [3.05, 3.63) is 79.0 Å². The minimum absolute atomic E-state index is 0.0798. The Hall–Kier alpha value is -3.48. The maximum Gasteiger partial charge on any atom is 0.249 e. The number of aromatic nitrogens is 5. The first-order valence-electron chi connectivity index (χ1n) is 8.23. The van der Waals surface area contributed by atoms with Crippen LogP contribution < -0.4 is 4.74 Å². The number of hydrogen-bond donors (Lipinski definition) is 0. The summed E-state index contributed by atoms with van der Waals surface area (Å²) in [5.41, 5.74) is 1.84. The van der Waals surface area contributed by atoms with E-state index in [1.165, 1.54) is 0 Å². The van der Waals surface area contributed by atoms with Crippen molar-refractivity contribution in [2.75, 3.05) is 0 Å². The van der Waals surface area contributed by atoms with Gasteiger partial charge in [-0.05, 0) is 25.1 Å². The minimum atomic E-state index is -0.0798. The van der Waals surface area contributed by atoms with E-state index in [9.17, 15) is 0 Å². The first kappa shape index (κ1) is 16.0. The molecule has 1 atom stereocenters. The van der Waals surface area contributed by atoms with Gasteiger partial charge in [0, 0.05) is 35.9 Å². The van der Waals surface area contributed by atoms with E-state index in [1.54, 1.807) is 24.9 Å². The highest BCUT2D eigenvalue weighted by molar-refractivity contribution is 5.56. The van der Waals surface area contributed by atoms with Crippen molar-refractivity contribution in [2.45, 2.75) is 19.6 Å². The lowest BCUT2D eigenvalue weighted by molar-refractivity contribution is 0.306. The summed E-state index contributed by atoms with van der Waals surface area (Å²) in [5.74, 6) is 1.79. The van der Waals surface area contributed by atoms with Crippen molar-refractivity contribution in [3.8, 4) is 17.1 Å². The third-order valence-electron chi connectivity index (χ3n) is 3.99. The Kier molecular flexibility index (Phi) is 4.42. The topological polar surface area (TPSA) is 78.9 Å². The van der Waals surface area contributed by atoms with Gasteiger partial charge in [-0.2, -0.15) is 4.98 Å². The van der Waals surface area contributed by atoms with Gasteiger partial charge in [0.15, 0.2) is 0 Å². The van der Waals surface area contributed by atoms with Crippen LogP contribution in [0.1, 0.15) is 24.4 Å². The molecule has 0 amide bonds. The largest absolute Gasteiger partial charge is 0.489 e. The molecule has 0 spiro atoms. The highest BCUT2D eigenvalue weighted by atomic mass is 16.5. The first-order valence-corrected chi connectivity index (χ1v) is 8.23. The van der Waals surface area contributed by atoms with Crippen LogP contribution in [0.2, 0.25) is 0 Å². The van der Waals surface area contributed by atoms with Crippen molar-refractivity contribution in [2.24, 2.45) is 0 Å². The lowest BCUT2D eigenvalue weighted by atomic mass is 10.2. The van der Waals surface area contributed by atoms with Crippen LogP contribution in [0.15, 0.2) is 72.0 Å². The molecule has 1 unspecified atom stereocenters. The summed E-state index contributed by atoms with van der Waals surface area (Å²) < 4.78 is 13.2. The molecule has 3 heterocycles. The van der Waals surface area contributed by atoms with Crippen LogP contribution in [-0.2, 0) is 6.61 Å². The van der Waals surface area contributed by atoms with E-state index < -0.39 is 0 Å². The van der Waals surface area contributed by atoms with Crippen LogP contribution in [0.3, 0.4) is 0 Å². The molecular formula is C19H17N5O2. The van der Waals surface area contributed by atoms with Gasteiger partial charge in [0.25, 0.3) is 0 Å². The number of hydrogen-bond acceptors (Lipinski definition) is 6. The molecule has 0 aliphatic carbocycles. The Bertz CT molecular complexity index is 967. The lowest BCUT2D eigenvalue weighted by Crippen LogP contribution is -2.04. The van der Waals surface area contributed by atoms with E-state index in [4.69, 9.17) is 9.26 Å². The Balaban J connectivity index is 1.50. The lowest BCUT2D eigenvalue weighted by Gasteiger charge is -2.07.